The molecule has 0 atom stereocenters. The molecule has 0 aliphatic carbocycles. The van der Waals surface area contributed by atoms with E-state index in [9.17, 15) is 9.90 Å². The molecule has 18 heavy (non-hydrogen) atoms. The first-order chi connectivity index (χ1) is 8.61. The molecular formula is C16H16O2. The largest absolute Gasteiger partial charge is 0.508 e. The average molecular weight is 240 g/mol. The van der Waals surface area contributed by atoms with Crippen molar-refractivity contribution in [1.82, 2.24) is 0 Å². The minimum atomic E-state index is 0.141. The quantitative estimate of drug-likeness (QED) is 0.824. The molecule has 0 aliphatic rings. The van der Waals surface area contributed by atoms with E-state index in [0.29, 0.717) is 6.42 Å². The van der Waals surface area contributed by atoms with E-state index in [2.05, 4.69) is 0 Å². The maximum Gasteiger partial charge on any atom is 0.163 e. The molecule has 1 N–H and O–H groups in total. The minimum absolute atomic E-state index is 0.141. The highest BCUT2D eigenvalue weighted by Gasteiger charge is 2.11. The molecule has 92 valence electrons. The van der Waals surface area contributed by atoms with Crippen molar-refractivity contribution in [3.8, 4) is 16.9 Å². The van der Waals surface area contributed by atoms with Gasteiger partial charge in [-0.25, -0.2) is 0 Å². The number of rotatable bonds is 3. The number of hydrogen-bond acceptors (Lipinski definition) is 2. The second-order valence-corrected chi connectivity index (χ2v) is 4.37. The molecule has 2 nitrogen and oxygen atoms in total. The van der Waals surface area contributed by atoms with Crippen LogP contribution in [0.15, 0.2) is 42.5 Å². The van der Waals surface area contributed by atoms with Crippen LogP contribution in [0, 0.1) is 6.92 Å². The van der Waals surface area contributed by atoms with Crippen LogP contribution in [-0.2, 0) is 0 Å². The molecule has 0 aromatic heterocycles. The number of aromatic hydroxyl groups is 1. The van der Waals surface area contributed by atoms with Crippen LogP contribution >= 0.6 is 0 Å². The van der Waals surface area contributed by atoms with E-state index >= 15 is 0 Å². The molecule has 0 unspecified atom stereocenters. The van der Waals surface area contributed by atoms with Crippen LogP contribution in [0.5, 0.6) is 5.75 Å². The van der Waals surface area contributed by atoms with Gasteiger partial charge in [0.15, 0.2) is 5.78 Å². The number of aryl methyl sites for hydroxylation is 1. The van der Waals surface area contributed by atoms with Crippen LogP contribution < -0.4 is 0 Å². The maximum atomic E-state index is 12.0. The van der Waals surface area contributed by atoms with Gasteiger partial charge in [-0.05, 0) is 36.2 Å². The zero-order valence-corrected chi connectivity index (χ0v) is 10.6. The number of phenols is 1. The first-order valence-electron chi connectivity index (χ1n) is 6.05. The standard InChI is InChI=1S/C16H16O2/c1-3-16(18)15-10-11(2)4-9-14(15)12-5-7-13(17)8-6-12/h4-10,17H,3H2,1-2H3. The van der Waals surface area contributed by atoms with Crippen molar-refractivity contribution < 1.29 is 9.90 Å². The summed E-state index contributed by atoms with van der Waals surface area (Å²) < 4.78 is 0. The molecule has 0 fully saturated rings. The zero-order valence-electron chi connectivity index (χ0n) is 10.6. The monoisotopic (exact) mass is 240 g/mol. The molecule has 0 aliphatic heterocycles. The molecular weight excluding hydrogens is 224 g/mol. The summed E-state index contributed by atoms with van der Waals surface area (Å²) in [6, 6.07) is 12.8. The van der Waals surface area contributed by atoms with E-state index in [1.807, 2.05) is 44.2 Å². The van der Waals surface area contributed by atoms with Crippen molar-refractivity contribution in [2.24, 2.45) is 0 Å². The van der Waals surface area contributed by atoms with Crippen molar-refractivity contribution >= 4 is 5.78 Å². The third-order valence-electron chi connectivity index (χ3n) is 2.97. The Balaban J connectivity index is 2.56. The van der Waals surface area contributed by atoms with E-state index < -0.39 is 0 Å². The fraction of sp³-hybridized carbons (Fsp3) is 0.188. The van der Waals surface area contributed by atoms with Crippen molar-refractivity contribution in [3.05, 3.63) is 53.6 Å². The van der Waals surface area contributed by atoms with Gasteiger partial charge in [0.2, 0.25) is 0 Å². The molecule has 2 aromatic carbocycles. The van der Waals surface area contributed by atoms with Gasteiger partial charge in [0, 0.05) is 12.0 Å². The first kappa shape index (κ1) is 12.4. The zero-order chi connectivity index (χ0) is 13.1. The number of ketones is 1. The summed E-state index contributed by atoms with van der Waals surface area (Å²) in [7, 11) is 0. The molecule has 0 radical (unpaired) electrons. The van der Waals surface area contributed by atoms with Gasteiger partial charge in [-0.2, -0.15) is 0 Å². The van der Waals surface area contributed by atoms with E-state index in [4.69, 9.17) is 0 Å². The highest BCUT2D eigenvalue weighted by atomic mass is 16.3. The maximum absolute atomic E-state index is 12.0. The molecule has 0 saturated carbocycles. The summed E-state index contributed by atoms with van der Waals surface area (Å²) in [5.41, 5.74) is 3.70. The molecule has 2 heteroatoms. The Bertz CT molecular complexity index is 568. The molecule has 2 rings (SSSR count). The fourth-order valence-electron chi connectivity index (χ4n) is 1.97. The van der Waals surface area contributed by atoms with Gasteiger partial charge in [0.25, 0.3) is 0 Å². The lowest BCUT2D eigenvalue weighted by atomic mass is 9.94. The van der Waals surface area contributed by atoms with Gasteiger partial charge >= 0.3 is 0 Å². The number of carbonyl (C=O) groups excluding carboxylic acids is 1. The highest BCUT2D eigenvalue weighted by Crippen LogP contribution is 2.27. The van der Waals surface area contributed by atoms with Crippen LogP contribution in [0.25, 0.3) is 11.1 Å². The number of phenolic OH excluding ortho intramolecular Hbond substituents is 1. The highest BCUT2D eigenvalue weighted by molar-refractivity contribution is 6.02. The third kappa shape index (κ3) is 2.43. The van der Waals surface area contributed by atoms with Crippen molar-refractivity contribution in [2.45, 2.75) is 20.3 Å². The van der Waals surface area contributed by atoms with Crippen LogP contribution in [0.3, 0.4) is 0 Å². The van der Waals surface area contributed by atoms with E-state index in [1.165, 1.54) is 0 Å². The van der Waals surface area contributed by atoms with Gasteiger partial charge in [0.05, 0.1) is 0 Å². The topological polar surface area (TPSA) is 37.3 Å². The Kier molecular flexibility index (Phi) is 3.47. The summed E-state index contributed by atoms with van der Waals surface area (Å²) in [6.07, 6.45) is 0.495. The van der Waals surface area contributed by atoms with E-state index in [0.717, 1.165) is 22.3 Å². The average Bonchev–Trinajstić information content (AvgIpc) is 2.39. The fourth-order valence-corrected chi connectivity index (χ4v) is 1.97. The Hall–Kier alpha value is -2.09. The van der Waals surface area contributed by atoms with Gasteiger partial charge in [0.1, 0.15) is 5.75 Å². The molecule has 0 saturated heterocycles. The Morgan fingerprint density at radius 3 is 2.39 bits per heavy atom. The molecule has 0 bridgehead atoms. The third-order valence-corrected chi connectivity index (χ3v) is 2.97. The van der Waals surface area contributed by atoms with Crippen molar-refractivity contribution in [3.63, 3.8) is 0 Å². The van der Waals surface area contributed by atoms with Crippen LogP contribution in [0.2, 0.25) is 0 Å². The summed E-state index contributed by atoms with van der Waals surface area (Å²) >= 11 is 0. The molecule has 0 spiro atoms. The van der Waals surface area contributed by atoms with Gasteiger partial charge in [-0.3, -0.25) is 4.79 Å². The molecule has 0 amide bonds. The van der Waals surface area contributed by atoms with Gasteiger partial charge in [-0.15, -0.1) is 0 Å². The lowest BCUT2D eigenvalue weighted by Crippen LogP contribution is -2.00. The van der Waals surface area contributed by atoms with E-state index in [1.54, 1.807) is 12.1 Å². The normalized spacial score (nSPS) is 10.3. The smallest absolute Gasteiger partial charge is 0.163 e. The minimum Gasteiger partial charge on any atom is -0.508 e. The second kappa shape index (κ2) is 5.05. The number of benzene rings is 2. The summed E-state index contributed by atoms with van der Waals surface area (Å²) in [6.45, 7) is 3.85. The van der Waals surface area contributed by atoms with Crippen molar-refractivity contribution in [1.29, 1.82) is 0 Å². The molecule has 0 heterocycles. The summed E-state index contributed by atoms with van der Waals surface area (Å²) in [4.78, 5) is 12.0. The SMILES string of the molecule is CCC(=O)c1cc(C)ccc1-c1ccc(O)cc1. The van der Waals surface area contributed by atoms with Crippen LogP contribution in [0.4, 0.5) is 0 Å². The lowest BCUT2D eigenvalue weighted by molar-refractivity contribution is 0.0988. The van der Waals surface area contributed by atoms with Gasteiger partial charge < -0.3 is 5.11 Å². The Labute approximate surface area is 107 Å². The second-order valence-electron chi connectivity index (χ2n) is 4.37. The summed E-state index contributed by atoms with van der Waals surface area (Å²) in [5, 5.41) is 9.31. The number of carbonyl (C=O) groups is 1. The Morgan fingerprint density at radius 2 is 1.78 bits per heavy atom. The predicted molar refractivity (Wildman–Crippen MR) is 72.9 cm³/mol. The first-order valence-corrected chi connectivity index (χ1v) is 6.05. The number of Topliss-reactive ketones (excluding diaryl/α,β-unsaturated/α-hetero) is 1. The Morgan fingerprint density at radius 1 is 1.11 bits per heavy atom. The van der Waals surface area contributed by atoms with Crippen molar-refractivity contribution in [2.75, 3.05) is 0 Å². The van der Waals surface area contributed by atoms with E-state index in [-0.39, 0.29) is 11.5 Å². The molecule has 2 aromatic rings. The van der Waals surface area contributed by atoms with Crippen LogP contribution in [-0.4, -0.2) is 10.9 Å². The number of hydrogen-bond donors (Lipinski definition) is 1. The van der Waals surface area contributed by atoms with Crippen LogP contribution in [0.1, 0.15) is 29.3 Å². The predicted octanol–water partition coefficient (Wildman–Crippen LogP) is 3.96. The summed E-state index contributed by atoms with van der Waals surface area (Å²) in [5.74, 6) is 0.371. The lowest BCUT2D eigenvalue weighted by Gasteiger charge is -2.09. The van der Waals surface area contributed by atoms with Gasteiger partial charge in [-0.1, -0.05) is 36.8 Å².